The van der Waals surface area contributed by atoms with Crippen LogP contribution in [0.4, 0.5) is 5.69 Å². The molecule has 2 aromatic rings. The fraction of sp³-hybridized carbons (Fsp3) is 0.350. The van der Waals surface area contributed by atoms with Gasteiger partial charge in [0.15, 0.2) is 11.5 Å². The molecule has 0 heterocycles. The molecule has 28 heavy (non-hydrogen) atoms. The number of sulfonamides is 1. The number of rotatable bonds is 8. The van der Waals surface area contributed by atoms with Crippen molar-refractivity contribution in [3.05, 3.63) is 53.1 Å². The van der Waals surface area contributed by atoms with Crippen LogP contribution in [0.3, 0.4) is 0 Å². The molecule has 0 unspecified atom stereocenters. The fourth-order valence-electron chi connectivity index (χ4n) is 2.53. The summed E-state index contributed by atoms with van der Waals surface area (Å²) in [6.07, 6.45) is 1.09. The van der Waals surface area contributed by atoms with Crippen molar-refractivity contribution >= 4 is 21.6 Å². The maximum atomic E-state index is 12.5. The van der Waals surface area contributed by atoms with Gasteiger partial charge in [0.05, 0.1) is 25.2 Å². The molecule has 8 heteroatoms. The highest BCUT2D eigenvalue weighted by Crippen LogP contribution is 2.29. The van der Waals surface area contributed by atoms with Gasteiger partial charge in [-0.2, -0.15) is 0 Å². The minimum Gasteiger partial charge on any atom is -0.493 e. The van der Waals surface area contributed by atoms with E-state index in [9.17, 15) is 13.2 Å². The van der Waals surface area contributed by atoms with Crippen LogP contribution in [0.1, 0.15) is 35.3 Å². The van der Waals surface area contributed by atoms with Crippen LogP contribution in [0.15, 0.2) is 36.4 Å². The van der Waals surface area contributed by atoms with E-state index in [1.54, 1.807) is 32.2 Å². The third-order valence-corrected chi connectivity index (χ3v) is 4.43. The molecule has 0 fully saturated rings. The van der Waals surface area contributed by atoms with Crippen molar-refractivity contribution in [1.29, 1.82) is 0 Å². The second kappa shape index (κ2) is 8.97. The molecular weight excluding hydrogens is 380 g/mol. The van der Waals surface area contributed by atoms with Crippen molar-refractivity contribution in [2.75, 3.05) is 18.1 Å². The summed E-state index contributed by atoms with van der Waals surface area (Å²) in [6, 6.07) is 10.3. The average molecular weight is 407 g/mol. The minimum absolute atomic E-state index is 0.0238. The van der Waals surface area contributed by atoms with Gasteiger partial charge in [-0.05, 0) is 56.2 Å². The lowest BCUT2D eigenvalue weighted by Gasteiger charge is -2.15. The van der Waals surface area contributed by atoms with Gasteiger partial charge >= 0.3 is 0 Å². The SMILES string of the molecule is COc1cc(CNC(=O)c2ccc(C)c(NS(C)(=O)=O)c2)ccc1OC(C)C. The Hall–Kier alpha value is -2.74. The summed E-state index contributed by atoms with van der Waals surface area (Å²) >= 11 is 0. The zero-order chi connectivity index (χ0) is 20.9. The Labute approximate surface area is 166 Å². The van der Waals surface area contributed by atoms with Gasteiger partial charge in [0.25, 0.3) is 5.91 Å². The van der Waals surface area contributed by atoms with Crippen LogP contribution < -0.4 is 19.5 Å². The Morgan fingerprint density at radius 3 is 2.43 bits per heavy atom. The number of methoxy groups -OCH3 is 1. The molecule has 1 amide bonds. The molecule has 0 bridgehead atoms. The topological polar surface area (TPSA) is 93.7 Å². The van der Waals surface area contributed by atoms with E-state index >= 15 is 0 Å². The number of aryl methyl sites for hydroxylation is 1. The van der Waals surface area contributed by atoms with Crippen molar-refractivity contribution in [1.82, 2.24) is 5.32 Å². The number of nitrogens with one attached hydrogen (secondary N) is 2. The highest BCUT2D eigenvalue weighted by atomic mass is 32.2. The van der Waals surface area contributed by atoms with Crippen molar-refractivity contribution in [2.45, 2.75) is 33.4 Å². The third-order valence-electron chi connectivity index (χ3n) is 3.84. The predicted octanol–water partition coefficient (Wildman–Crippen LogP) is 3.09. The Morgan fingerprint density at radius 2 is 1.82 bits per heavy atom. The van der Waals surface area contributed by atoms with E-state index in [4.69, 9.17) is 9.47 Å². The molecule has 0 aliphatic heterocycles. The highest BCUT2D eigenvalue weighted by molar-refractivity contribution is 7.92. The maximum absolute atomic E-state index is 12.5. The van der Waals surface area contributed by atoms with Gasteiger partial charge in [0, 0.05) is 12.1 Å². The van der Waals surface area contributed by atoms with Crippen LogP contribution in [0.25, 0.3) is 0 Å². The second-order valence-corrected chi connectivity index (χ2v) is 8.49. The van der Waals surface area contributed by atoms with Crippen molar-refractivity contribution < 1.29 is 22.7 Å². The molecule has 0 atom stereocenters. The van der Waals surface area contributed by atoms with E-state index in [1.807, 2.05) is 26.0 Å². The molecule has 2 aromatic carbocycles. The number of amides is 1. The Bertz CT molecular complexity index is 955. The van der Waals surface area contributed by atoms with E-state index in [2.05, 4.69) is 10.0 Å². The number of anilines is 1. The van der Waals surface area contributed by atoms with Crippen LogP contribution in [0.2, 0.25) is 0 Å². The summed E-state index contributed by atoms with van der Waals surface area (Å²) in [4.78, 5) is 12.5. The van der Waals surface area contributed by atoms with Crippen molar-refractivity contribution in [3.8, 4) is 11.5 Å². The van der Waals surface area contributed by atoms with Crippen LogP contribution in [0, 0.1) is 6.92 Å². The molecule has 2 rings (SSSR count). The summed E-state index contributed by atoms with van der Waals surface area (Å²) in [7, 11) is -1.86. The smallest absolute Gasteiger partial charge is 0.251 e. The Morgan fingerprint density at radius 1 is 1.11 bits per heavy atom. The minimum atomic E-state index is -3.43. The highest BCUT2D eigenvalue weighted by Gasteiger charge is 2.12. The molecule has 0 aromatic heterocycles. The predicted molar refractivity (Wildman–Crippen MR) is 110 cm³/mol. The maximum Gasteiger partial charge on any atom is 0.251 e. The Kier molecular flexibility index (Phi) is 6.90. The lowest BCUT2D eigenvalue weighted by molar-refractivity contribution is 0.0951. The van der Waals surface area contributed by atoms with E-state index < -0.39 is 10.0 Å². The molecule has 0 saturated heterocycles. The van der Waals surface area contributed by atoms with Crippen LogP contribution in [0.5, 0.6) is 11.5 Å². The Balaban J connectivity index is 2.11. The summed E-state index contributed by atoms with van der Waals surface area (Å²) in [5.74, 6) is 0.927. The molecule has 152 valence electrons. The standard InChI is InChI=1S/C20H26N2O5S/c1-13(2)27-18-9-7-15(10-19(18)26-4)12-21-20(23)16-8-6-14(3)17(11-16)22-28(5,24)25/h6-11,13,22H,12H2,1-5H3,(H,21,23). The summed E-state index contributed by atoms with van der Waals surface area (Å²) < 4.78 is 36.4. The van der Waals surface area contributed by atoms with Gasteiger partial charge in [0.2, 0.25) is 10.0 Å². The first-order chi connectivity index (χ1) is 13.1. The third kappa shape index (κ3) is 6.16. The number of benzene rings is 2. The quantitative estimate of drug-likeness (QED) is 0.703. The first kappa shape index (κ1) is 21.6. The van der Waals surface area contributed by atoms with Gasteiger partial charge < -0.3 is 14.8 Å². The van der Waals surface area contributed by atoms with Gasteiger partial charge in [-0.1, -0.05) is 12.1 Å². The normalized spacial score (nSPS) is 11.2. The fourth-order valence-corrected chi connectivity index (χ4v) is 3.15. The van der Waals surface area contributed by atoms with E-state index in [0.29, 0.717) is 29.3 Å². The number of carbonyl (C=O) groups is 1. The van der Waals surface area contributed by atoms with Crippen molar-refractivity contribution in [3.63, 3.8) is 0 Å². The lowest BCUT2D eigenvalue weighted by atomic mass is 10.1. The molecule has 0 spiro atoms. The molecule has 0 radical (unpaired) electrons. The molecule has 2 N–H and O–H groups in total. The van der Waals surface area contributed by atoms with Crippen molar-refractivity contribution in [2.24, 2.45) is 0 Å². The molecule has 0 aliphatic rings. The van der Waals surface area contributed by atoms with E-state index in [-0.39, 0.29) is 12.0 Å². The zero-order valence-electron chi connectivity index (χ0n) is 16.7. The number of carbonyl (C=O) groups excluding carboxylic acids is 1. The van der Waals surface area contributed by atoms with Crippen LogP contribution in [-0.4, -0.2) is 33.8 Å². The van der Waals surface area contributed by atoms with E-state index in [0.717, 1.165) is 17.4 Å². The average Bonchev–Trinajstić information content (AvgIpc) is 2.60. The molecule has 7 nitrogen and oxygen atoms in total. The van der Waals surface area contributed by atoms with Gasteiger partial charge in [-0.3, -0.25) is 9.52 Å². The summed E-state index contributed by atoms with van der Waals surface area (Å²) in [5, 5.41) is 2.82. The monoisotopic (exact) mass is 406 g/mol. The first-order valence-electron chi connectivity index (χ1n) is 8.79. The summed E-state index contributed by atoms with van der Waals surface area (Å²) in [6.45, 7) is 5.92. The van der Waals surface area contributed by atoms with Gasteiger partial charge in [-0.25, -0.2) is 8.42 Å². The largest absolute Gasteiger partial charge is 0.493 e. The first-order valence-corrected chi connectivity index (χ1v) is 10.7. The van der Waals surface area contributed by atoms with Gasteiger partial charge in [0.1, 0.15) is 0 Å². The lowest BCUT2D eigenvalue weighted by Crippen LogP contribution is -2.23. The van der Waals surface area contributed by atoms with Crippen LogP contribution in [-0.2, 0) is 16.6 Å². The molecule has 0 aliphatic carbocycles. The van der Waals surface area contributed by atoms with E-state index in [1.165, 1.54) is 6.07 Å². The number of ether oxygens (including phenoxy) is 2. The molecule has 0 saturated carbocycles. The second-order valence-electron chi connectivity index (χ2n) is 6.74. The van der Waals surface area contributed by atoms with Crippen LogP contribution >= 0.6 is 0 Å². The van der Waals surface area contributed by atoms with Gasteiger partial charge in [-0.15, -0.1) is 0 Å². The molecular formula is C20H26N2O5S. The number of hydrogen-bond donors (Lipinski definition) is 2. The number of hydrogen-bond acceptors (Lipinski definition) is 5. The summed E-state index contributed by atoms with van der Waals surface area (Å²) in [5.41, 5.74) is 2.32. The zero-order valence-corrected chi connectivity index (χ0v) is 17.5.